The van der Waals surface area contributed by atoms with Gasteiger partial charge in [0.15, 0.2) is 0 Å². The summed E-state index contributed by atoms with van der Waals surface area (Å²) in [6, 6.07) is 2.59. The normalized spacial score (nSPS) is 13.9. The molecule has 95 valence electrons. The third-order valence-corrected chi connectivity index (χ3v) is 2.13. The van der Waals surface area contributed by atoms with Crippen LogP contribution < -0.4 is 0 Å². The first-order chi connectivity index (χ1) is 7.50. The van der Waals surface area contributed by atoms with Crippen LogP contribution in [0.1, 0.15) is 11.1 Å². The van der Waals surface area contributed by atoms with Gasteiger partial charge in [0, 0.05) is 5.56 Å². The maximum atomic E-state index is 13.4. The monoisotopic (exact) mass is 259 g/mol. The molecular formula is C10H6F7. The molecule has 0 aliphatic carbocycles. The molecule has 0 aliphatic heterocycles. The van der Waals surface area contributed by atoms with E-state index in [-0.39, 0.29) is 5.56 Å². The van der Waals surface area contributed by atoms with Crippen molar-refractivity contribution in [2.45, 2.75) is 18.0 Å². The van der Waals surface area contributed by atoms with Gasteiger partial charge < -0.3 is 0 Å². The molecule has 0 saturated carbocycles. The highest BCUT2D eigenvalue weighted by Crippen LogP contribution is 2.53. The lowest BCUT2D eigenvalue weighted by Crippen LogP contribution is -2.50. The summed E-state index contributed by atoms with van der Waals surface area (Å²) in [4.78, 5) is 0. The molecular weight excluding hydrogens is 253 g/mol. The van der Waals surface area contributed by atoms with E-state index in [4.69, 9.17) is 0 Å². The predicted molar refractivity (Wildman–Crippen MR) is 45.8 cm³/mol. The number of hydrogen-bond acceptors (Lipinski definition) is 0. The van der Waals surface area contributed by atoms with Gasteiger partial charge in [-0.3, -0.25) is 0 Å². The van der Waals surface area contributed by atoms with E-state index in [1.165, 1.54) is 0 Å². The van der Waals surface area contributed by atoms with Gasteiger partial charge in [-0.15, -0.1) is 0 Å². The Morgan fingerprint density at radius 2 is 1.06 bits per heavy atom. The molecule has 17 heavy (non-hydrogen) atoms. The molecule has 0 atom stereocenters. The molecule has 0 aliphatic rings. The highest BCUT2D eigenvalue weighted by Gasteiger charge is 2.73. The van der Waals surface area contributed by atoms with Crippen LogP contribution >= 0.6 is 0 Å². The number of rotatable bonds is 1. The Hall–Kier alpha value is -1.27. The fourth-order valence-electron chi connectivity index (χ4n) is 1.22. The largest absolute Gasteiger partial charge is 0.435 e. The molecule has 1 radical (unpaired) electrons. The van der Waals surface area contributed by atoms with Crippen molar-refractivity contribution < 1.29 is 30.7 Å². The van der Waals surface area contributed by atoms with Crippen LogP contribution in [0.2, 0.25) is 0 Å². The number of alkyl halides is 7. The zero-order valence-corrected chi connectivity index (χ0v) is 8.16. The van der Waals surface area contributed by atoms with Gasteiger partial charge in [0.1, 0.15) is 0 Å². The van der Waals surface area contributed by atoms with Crippen molar-refractivity contribution in [3.63, 3.8) is 0 Å². The van der Waals surface area contributed by atoms with Crippen LogP contribution in [0.4, 0.5) is 30.7 Å². The van der Waals surface area contributed by atoms with Crippen molar-refractivity contribution in [3.05, 3.63) is 42.3 Å². The topological polar surface area (TPSA) is 0 Å². The van der Waals surface area contributed by atoms with E-state index < -0.39 is 23.6 Å². The number of hydrogen-bond donors (Lipinski definition) is 0. The molecule has 0 amide bonds. The number of benzene rings is 1. The Kier molecular flexibility index (Phi) is 3.15. The van der Waals surface area contributed by atoms with E-state index in [9.17, 15) is 30.7 Å². The molecule has 1 rings (SSSR count). The van der Waals surface area contributed by atoms with Crippen LogP contribution in [0.3, 0.4) is 0 Å². The van der Waals surface area contributed by atoms with Gasteiger partial charge in [0.05, 0.1) is 0 Å². The van der Waals surface area contributed by atoms with Crippen LogP contribution in [0.5, 0.6) is 0 Å². The van der Waals surface area contributed by atoms with Crippen molar-refractivity contribution in [1.29, 1.82) is 0 Å². The molecule has 1 aromatic carbocycles. The summed E-state index contributed by atoms with van der Waals surface area (Å²) in [5.74, 6) is 0. The summed E-state index contributed by atoms with van der Waals surface area (Å²) < 4.78 is 87.1. The Morgan fingerprint density at radius 3 is 1.35 bits per heavy atom. The molecule has 0 N–H and O–H groups in total. The first-order valence-corrected chi connectivity index (χ1v) is 4.25. The minimum atomic E-state index is -6.08. The second-order valence-corrected chi connectivity index (χ2v) is 3.35. The molecule has 0 unspecified atom stereocenters. The van der Waals surface area contributed by atoms with Crippen molar-refractivity contribution in [1.82, 2.24) is 0 Å². The van der Waals surface area contributed by atoms with E-state index in [1.54, 1.807) is 0 Å². The summed E-state index contributed by atoms with van der Waals surface area (Å²) in [6.07, 6.45) is -12.2. The van der Waals surface area contributed by atoms with Gasteiger partial charge >= 0.3 is 18.0 Å². The molecule has 1 aromatic rings. The third kappa shape index (κ3) is 2.23. The first kappa shape index (κ1) is 13.8. The summed E-state index contributed by atoms with van der Waals surface area (Å²) >= 11 is 0. The molecule has 0 saturated heterocycles. The van der Waals surface area contributed by atoms with Crippen molar-refractivity contribution >= 4 is 0 Å². The average molecular weight is 259 g/mol. The fourth-order valence-corrected chi connectivity index (χ4v) is 1.22. The van der Waals surface area contributed by atoms with Crippen LogP contribution in [0.15, 0.2) is 24.3 Å². The van der Waals surface area contributed by atoms with E-state index in [0.717, 1.165) is 12.1 Å². The number of halogens is 7. The molecule has 0 fully saturated rings. The summed E-state index contributed by atoms with van der Waals surface area (Å²) in [7, 11) is 0. The third-order valence-electron chi connectivity index (χ3n) is 2.13. The Balaban J connectivity index is 3.41. The van der Waals surface area contributed by atoms with E-state index in [0.29, 0.717) is 12.1 Å². The van der Waals surface area contributed by atoms with Crippen molar-refractivity contribution in [2.75, 3.05) is 0 Å². The van der Waals surface area contributed by atoms with Gasteiger partial charge in [-0.05, 0) is 12.5 Å². The minimum absolute atomic E-state index is 0.181. The zero-order valence-electron chi connectivity index (χ0n) is 8.16. The van der Waals surface area contributed by atoms with E-state index in [2.05, 4.69) is 6.92 Å². The molecule has 0 spiro atoms. The van der Waals surface area contributed by atoms with Crippen molar-refractivity contribution in [2.24, 2.45) is 0 Å². The van der Waals surface area contributed by atoms with Gasteiger partial charge in [0.25, 0.3) is 0 Å². The maximum Gasteiger partial charge on any atom is 0.435 e. The smallest absolute Gasteiger partial charge is 0.218 e. The fraction of sp³-hybridized carbons (Fsp3) is 0.300. The lowest BCUT2D eigenvalue weighted by atomic mass is 9.93. The molecule has 0 heterocycles. The second-order valence-electron chi connectivity index (χ2n) is 3.35. The van der Waals surface area contributed by atoms with Crippen LogP contribution in [-0.4, -0.2) is 12.4 Å². The van der Waals surface area contributed by atoms with E-state index >= 15 is 0 Å². The second kappa shape index (κ2) is 3.89. The van der Waals surface area contributed by atoms with E-state index in [1.807, 2.05) is 0 Å². The molecule has 0 aromatic heterocycles. The van der Waals surface area contributed by atoms with Crippen LogP contribution in [-0.2, 0) is 5.67 Å². The first-order valence-electron chi connectivity index (χ1n) is 4.25. The van der Waals surface area contributed by atoms with Crippen LogP contribution in [0.25, 0.3) is 0 Å². The van der Waals surface area contributed by atoms with Crippen LogP contribution in [0, 0.1) is 6.92 Å². The summed E-state index contributed by atoms with van der Waals surface area (Å²) in [5, 5.41) is 0. The van der Waals surface area contributed by atoms with Gasteiger partial charge in [-0.1, -0.05) is 24.3 Å². The molecule has 0 bridgehead atoms. The average Bonchev–Trinajstić information content (AvgIpc) is 2.14. The highest BCUT2D eigenvalue weighted by molar-refractivity contribution is 5.31. The predicted octanol–water partition coefficient (Wildman–Crippen LogP) is 4.16. The minimum Gasteiger partial charge on any atom is -0.218 e. The zero-order chi connectivity index (χ0) is 13.5. The van der Waals surface area contributed by atoms with Gasteiger partial charge in [0.2, 0.25) is 0 Å². The van der Waals surface area contributed by atoms with Gasteiger partial charge in [-0.2, -0.15) is 26.3 Å². The summed E-state index contributed by atoms with van der Waals surface area (Å²) in [6.45, 7) is 3.28. The molecule has 7 heteroatoms. The Morgan fingerprint density at radius 1 is 0.706 bits per heavy atom. The quantitative estimate of drug-likeness (QED) is 0.664. The lowest BCUT2D eigenvalue weighted by molar-refractivity contribution is -0.348. The lowest BCUT2D eigenvalue weighted by Gasteiger charge is -2.30. The van der Waals surface area contributed by atoms with Crippen molar-refractivity contribution in [3.8, 4) is 0 Å². The SMILES string of the molecule is [CH2]c1ccc(C(F)(C(F)(F)F)C(F)(F)F)cc1. The molecule has 0 nitrogen and oxygen atoms in total. The summed E-state index contributed by atoms with van der Waals surface area (Å²) in [5.41, 5.74) is -6.70. The Bertz CT molecular complexity index is 371. The highest BCUT2D eigenvalue weighted by atomic mass is 19.4. The van der Waals surface area contributed by atoms with Gasteiger partial charge in [-0.25, -0.2) is 4.39 Å². The maximum absolute atomic E-state index is 13.4. The Labute approximate surface area is 92.0 Å². The standard InChI is InChI=1S/C10H6F7/c1-6-2-4-7(5-3-6)8(11,9(12,13)14)10(15,16)17/h2-5H,1H2.